The monoisotopic (exact) mass is 357 g/mol. The molecule has 0 radical (unpaired) electrons. The topological polar surface area (TPSA) is 78.5 Å². The molecule has 1 amide bonds. The molecule has 2 aliphatic heterocycles. The van der Waals surface area contributed by atoms with Gasteiger partial charge in [-0.1, -0.05) is 12.1 Å². The van der Waals surface area contributed by atoms with Crippen LogP contribution in [0.2, 0.25) is 0 Å². The van der Waals surface area contributed by atoms with Crippen molar-refractivity contribution < 1.29 is 19.0 Å². The summed E-state index contributed by atoms with van der Waals surface area (Å²) in [5.41, 5.74) is 0.808. The van der Waals surface area contributed by atoms with Gasteiger partial charge in [0.25, 0.3) is 0 Å². The maximum Gasteiger partial charge on any atom is 0.246 e. The zero-order chi connectivity index (χ0) is 18.1. The molecule has 1 aromatic heterocycles. The molecule has 2 saturated heterocycles. The molecule has 0 saturated carbocycles. The lowest BCUT2D eigenvalue weighted by Gasteiger charge is -2.25. The Bertz CT molecular complexity index is 823. The fraction of sp³-hybridized carbons (Fsp3) is 0.368. The van der Waals surface area contributed by atoms with Crippen molar-refractivity contribution in [3.05, 3.63) is 59.9 Å². The van der Waals surface area contributed by atoms with E-state index >= 15 is 0 Å². The number of amides is 1. The van der Waals surface area contributed by atoms with E-state index in [9.17, 15) is 14.3 Å². The summed E-state index contributed by atoms with van der Waals surface area (Å²) in [6.45, 7) is 0.959. The van der Waals surface area contributed by atoms with Crippen molar-refractivity contribution in [2.45, 2.75) is 24.0 Å². The number of nitrogens with zero attached hydrogens (tertiary/aromatic N) is 2. The zero-order valence-electron chi connectivity index (χ0n) is 14.1. The van der Waals surface area contributed by atoms with Crippen LogP contribution in [0.25, 0.3) is 6.08 Å². The van der Waals surface area contributed by atoms with Crippen molar-refractivity contribution in [2.24, 2.45) is 0 Å². The van der Waals surface area contributed by atoms with E-state index in [1.165, 1.54) is 24.5 Å². The molecule has 136 valence electrons. The molecule has 2 fully saturated rings. The lowest BCUT2D eigenvalue weighted by Crippen LogP contribution is -2.41. The first-order valence-corrected chi connectivity index (χ1v) is 8.59. The minimum atomic E-state index is -0.783. The van der Waals surface area contributed by atoms with E-state index in [-0.39, 0.29) is 24.2 Å². The average molecular weight is 357 g/mol. The molecule has 3 atom stereocenters. The molecule has 0 aliphatic carbocycles. The Kier molecular flexibility index (Phi) is 4.34. The molecule has 4 rings (SSSR count). The summed E-state index contributed by atoms with van der Waals surface area (Å²) in [6, 6.07) is 6.46. The zero-order valence-corrected chi connectivity index (χ0v) is 14.1. The Morgan fingerprint density at radius 3 is 3.15 bits per heavy atom. The third-order valence-electron chi connectivity index (χ3n) is 5.18. The molecule has 0 unspecified atom stereocenters. The van der Waals surface area contributed by atoms with Gasteiger partial charge in [-0.25, -0.2) is 9.37 Å². The third kappa shape index (κ3) is 3.15. The molecule has 6 nitrogen and oxygen atoms in total. The number of carbonyl (C=O) groups excluding carboxylic acids is 1. The number of nitrogens with one attached hydrogen (secondary N) is 1. The van der Waals surface area contributed by atoms with Crippen molar-refractivity contribution in [2.75, 3.05) is 19.7 Å². The van der Waals surface area contributed by atoms with Gasteiger partial charge in [0.15, 0.2) is 0 Å². The van der Waals surface area contributed by atoms with Crippen molar-refractivity contribution in [3.8, 4) is 0 Å². The molecule has 2 aromatic rings. The second kappa shape index (κ2) is 6.66. The highest BCUT2D eigenvalue weighted by atomic mass is 19.1. The van der Waals surface area contributed by atoms with E-state index in [0.717, 1.165) is 11.3 Å². The lowest BCUT2D eigenvalue weighted by atomic mass is 9.87. The molecule has 2 N–H and O–H groups in total. The van der Waals surface area contributed by atoms with Crippen LogP contribution in [-0.2, 0) is 9.53 Å². The highest BCUT2D eigenvalue weighted by Crippen LogP contribution is 2.42. The van der Waals surface area contributed by atoms with E-state index in [1.54, 1.807) is 23.2 Å². The number of rotatable bonds is 3. The van der Waals surface area contributed by atoms with Crippen LogP contribution in [0, 0.1) is 5.82 Å². The van der Waals surface area contributed by atoms with Gasteiger partial charge in [0.1, 0.15) is 17.5 Å². The Balaban J connectivity index is 1.44. The molecule has 2 aliphatic rings. The maximum absolute atomic E-state index is 13.5. The van der Waals surface area contributed by atoms with Crippen molar-refractivity contribution >= 4 is 12.0 Å². The number of aromatic amines is 1. The van der Waals surface area contributed by atoms with Crippen LogP contribution in [0.5, 0.6) is 0 Å². The number of halogens is 1. The van der Waals surface area contributed by atoms with Gasteiger partial charge in [0, 0.05) is 18.5 Å². The van der Waals surface area contributed by atoms with Crippen LogP contribution in [0.3, 0.4) is 0 Å². The van der Waals surface area contributed by atoms with E-state index in [4.69, 9.17) is 4.74 Å². The summed E-state index contributed by atoms with van der Waals surface area (Å²) in [4.78, 5) is 20.8. The number of aromatic nitrogens is 2. The normalized spacial score (nSPS) is 28.5. The number of H-pyrrole nitrogens is 1. The van der Waals surface area contributed by atoms with E-state index in [1.807, 2.05) is 6.07 Å². The first-order valence-electron chi connectivity index (χ1n) is 8.59. The van der Waals surface area contributed by atoms with Gasteiger partial charge in [-0.05, 0) is 30.2 Å². The summed E-state index contributed by atoms with van der Waals surface area (Å²) in [5.74, 6) is -0.458. The second-order valence-electron chi connectivity index (χ2n) is 6.91. The predicted octanol–water partition coefficient (Wildman–Crippen LogP) is 1.71. The number of likely N-dealkylation sites (tertiary alicyclic amines) is 1. The smallest absolute Gasteiger partial charge is 0.246 e. The summed E-state index contributed by atoms with van der Waals surface area (Å²) in [7, 11) is 0. The highest BCUT2D eigenvalue weighted by Gasteiger charge is 2.53. The van der Waals surface area contributed by atoms with Crippen LogP contribution in [-0.4, -0.2) is 57.3 Å². The summed E-state index contributed by atoms with van der Waals surface area (Å²) in [6.07, 6.45) is 6.07. The predicted molar refractivity (Wildman–Crippen MR) is 92.6 cm³/mol. The minimum Gasteiger partial charge on any atom is -0.388 e. The minimum absolute atomic E-state index is 0.0101. The van der Waals surface area contributed by atoms with Gasteiger partial charge in [0.05, 0.1) is 31.4 Å². The van der Waals surface area contributed by atoms with Crippen LogP contribution < -0.4 is 0 Å². The fourth-order valence-corrected chi connectivity index (χ4v) is 3.78. The summed E-state index contributed by atoms with van der Waals surface area (Å²) in [5, 5.41) is 10.5. The summed E-state index contributed by atoms with van der Waals surface area (Å²) >= 11 is 0. The van der Waals surface area contributed by atoms with Gasteiger partial charge >= 0.3 is 0 Å². The number of hydrogen-bond donors (Lipinski definition) is 2. The Hall–Kier alpha value is -2.51. The Morgan fingerprint density at radius 1 is 1.50 bits per heavy atom. The van der Waals surface area contributed by atoms with Gasteiger partial charge in [-0.3, -0.25) is 4.79 Å². The molecular formula is C19H20FN3O3. The largest absolute Gasteiger partial charge is 0.388 e. The number of carbonyl (C=O) groups is 1. The molecule has 1 spiro atoms. The molecule has 7 heteroatoms. The quantitative estimate of drug-likeness (QED) is 0.820. The molecule has 3 heterocycles. The number of β-amino-alcohol motifs (C(OH)–C–C–N with tert-alkyl or cyclic N) is 1. The SMILES string of the molecule is O=C(/C=C/c1cnc[nH]1)N1C[C@@H](O)[C@@]2(C[C@H](c3cccc(F)c3)CO2)C1. The van der Waals surface area contributed by atoms with Gasteiger partial charge in [-0.15, -0.1) is 0 Å². The maximum atomic E-state index is 13.5. The third-order valence-corrected chi connectivity index (χ3v) is 5.18. The number of imidazole rings is 1. The van der Waals surface area contributed by atoms with E-state index in [2.05, 4.69) is 9.97 Å². The molecule has 1 aromatic carbocycles. The molecule has 0 bridgehead atoms. The number of aliphatic hydroxyl groups excluding tert-OH is 1. The average Bonchev–Trinajstić information content (AvgIpc) is 3.35. The van der Waals surface area contributed by atoms with Crippen LogP contribution in [0.15, 0.2) is 42.9 Å². The molecule has 26 heavy (non-hydrogen) atoms. The van der Waals surface area contributed by atoms with Gasteiger partial charge < -0.3 is 19.7 Å². The van der Waals surface area contributed by atoms with Crippen LogP contribution >= 0.6 is 0 Å². The Labute approximate surface area is 150 Å². The van der Waals surface area contributed by atoms with Gasteiger partial charge in [0.2, 0.25) is 5.91 Å². The van der Waals surface area contributed by atoms with E-state index < -0.39 is 11.7 Å². The second-order valence-corrected chi connectivity index (χ2v) is 6.91. The standard InChI is InChI=1S/C19H20FN3O3/c20-15-3-1-2-13(6-15)14-7-19(26-10-14)11-23(9-17(19)24)18(25)5-4-16-8-21-12-22-16/h1-6,8,12,14,17,24H,7,9-11H2,(H,21,22)/b5-4+/t14-,17+,19+/m0/s1. The number of hydrogen-bond acceptors (Lipinski definition) is 4. The Morgan fingerprint density at radius 2 is 2.38 bits per heavy atom. The highest BCUT2D eigenvalue weighted by molar-refractivity contribution is 5.91. The molecular weight excluding hydrogens is 337 g/mol. The van der Waals surface area contributed by atoms with Gasteiger partial charge in [-0.2, -0.15) is 0 Å². The number of ether oxygens (including phenoxy) is 1. The van der Waals surface area contributed by atoms with Crippen molar-refractivity contribution in [1.82, 2.24) is 14.9 Å². The first kappa shape index (κ1) is 16.9. The van der Waals surface area contributed by atoms with Crippen LogP contribution in [0.1, 0.15) is 23.6 Å². The number of aliphatic hydroxyl groups is 1. The lowest BCUT2D eigenvalue weighted by molar-refractivity contribution is -0.126. The summed E-state index contributed by atoms with van der Waals surface area (Å²) < 4.78 is 19.4. The van der Waals surface area contributed by atoms with Crippen molar-refractivity contribution in [3.63, 3.8) is 0 Å². The fourth-order valence-electron chi connectivity index (χ4n) is 3.78. The van der Waals surface area contributed by atoms with Crippen LogP contribution in [0.4, 0.5) is 4.39 Å². The number of benzene rings is 1. The van der Waals surface area contributed by atoms with E-state index in [0.29, 0.717) is 19.6 Å². The van der Waals surface area contributed by atoms with Crippen molar-refractivity contribution in [1.29, 1.82) is 0 Å². The first-order chi connectivity index (χ1) is 12.6.